The number of nitrogens with one attached hydrogen (secondary N) is 1. The van der Waals surface area contributed by atoms with Crippen LogP contribution < -0.4 is 9.46 Å². The molecule has 0 aromatic carbocycles. The minimum atomic E-state index is -5.15. The van der Waals surface area contributed by atoms with Crippen LogP contribution in [0.25, 0.3) is 0 Å². The van der Waals surface area contributed by atoms with E-state index >= 15 is 0 Å². The van der Waals surface area contributed by atoms with Crippen molar-refractivity contribution in [2.75, 3.05) is 6.61 Å². The van der Waals surface area contributed by atoms with Gasteiger partial charge in [0, 0.05) is 6.20 Å². The molecule has 0 saturated carbocycles. The van der Waals surface area contributed by atoms with Crippen molar-refractivity contribution in [3.63, 3.8) is 0 Å². The van der Waals surface area contributed by atoms with Crippen LogP contribution in [0.4, 0.5) is 35.1 Å². The van der Waals surface area contributed by atoms with Crippen molar-refractivity contribution in [2.24, 2.45) is 0 Å². The highest BCUT2D eigenvalue weighted by Crippen LogP contribution is 2.33. The highest BCUT2D eigenvalue weighted by atomic mass is 32.2. The van der Waals surface area contributed by atoms with Gasteiger partial charge in [-0.1, -0.05) is 0 Å². The molecule has 32 heavy (non-hydrogen) atoms. The molecule has 14 heteroatoms. The zero-order valence-electron chi connectivity index (χ0n) is 16.7. The molecule has 0 fully saturated rings. The lowest BCUT2D eigenvalue weighted by molar-refractivity contribution is -0.154. The molecule has 0 bridgehead atoms. The largest absolute Gasteiger partial charge is 0.466 e. The van der Waals surface area contributed by atoms with Gasteiger partial charge < -0.3 is 4.74 Å². The van der Waals surface area contributed by atoms with Crippen LogP contribution in [0.3, 0.4) is 0 Å². The fraction of sp³-hybridized carbons (Fsp3) is 0.444. The highest BCUT2D eigenvalue weighted by Gasteiger charge is 2.37. The zero-order valence-corrected chi connectivity index (χ0v) is 17.6. The Hall–Kier alpha value is -2.35. The molecule has 5 nitrogen and oxygen atoms in total. The fourth-order valence-corrected chi connectivity index (χ4v) is 3.08. The summed E-state index contributed by atoms with van der Waals surface area (Å²) < 4.78 is 122. The average molecular weight is 491 g/mol. The Kier molecular flexibility index (Phi) is 7.49. The molecule has 2 unspecified atom stereocenters. The molecule has 0 saturated heterocycles. The van der Waals surface area contributed by atoms with Crippen molar-refractivity contribution >= 4 is 11.0 Å². The topological polar surface area (TPSA) is 64.1 Å². The summed E-state index contributed by atoms with van der Waals surface area (Å²) in [4.78, 5) is 6.67. The SMILES string of the molecule is CC(C)(C)S(=O)NC(c1cnc(OCC(F)(F)F)c(F)c1)c1ccc(F)c(C(F)(F)F)n1. The van der Waals surface area contributed by atoms with E-state index in [0.29, 0.717) is 12.1 Å². The Labute approximate surface area is 179 Å². The third-order valence-corrected chi connectivity index (χ3v) is 5.31. The van der Waals surface area contributed by atoms with E-state index < -0.39 is 69.6 Å². The Morgan fingerprint density at radius 2 is 1.69 bits per heavy atom. The summed E-state index contributed by atoms with van der Waals surface area (Å²) in [5.41, 5.74) is -2.55. The smallest absolute Gasteiger partial charge is 0.436 e. The standard InChI is InChI=1S/C18H17F8N3O2S/c1-16(2,3)32(30)29-13(12-5-4-10(19)14(28-12)18(24,25)26)9-6-11(20)15(27-7-9)31-8-17(21,22)23/h4-7,13,29H,8H2,1-3H3. The van der Waals surface area contributed by atoms with E-state index in [4.69, 9.17) is 0 Å². The zero-order chi connectivity index (χ0) is 24.5. The molecule has 0 radical (unpaired) electrons. The fourth-order valence-electron chi connectivity index (χ4n) is 2.25. The molecular formula is C18H17F8N3O2S. The van der Waals surface area contributed by atoms with Gasteiger partial charge in [-0.3, -0.25) is 0 Å². The first-order valence-corrected chi connectivity index (χ1v) is 9.90. The number of ether oxygens (including phenoxy) is 1. The molecule has 0 aliphatic rings. The maximum absolute atomic E-state index is 14.3. The van der Waals surface area contributed by atoms with Crippen LogP contribution in [0.1, 0.15) is 43.8 Å². The predicted octanol–water partition coefficient (Wildman–Crippen LogP) is 4.86. The van der Waals surface area contributed by atoms with E-state index in [1.54, 1.807) is 20.8 Å². The number of hydrogen-bond acceptors (Lipinski definition) is 4. The molecule has 178 valence electrons. The van der Waals surface area contributed by atoms with Gasteiger partial charge in [0.05, 0.1) is 27.5 Å². The molecule has 0 aliphatic carbocycles. The van der Waals surface area contributed by atoms with E-state index in [9.17, 15) is 39.3 Å². The van der Waals surface area contributed by atoms with Gasteiger partial charge in [0.25, 0.3) is 5.88 Å². The molecular weight excluding hydrogens is 474 g/mol. The molecule has 0 amide bonds. The van der Waals surface area contributed by atoms with Crippen LogP contribution >= 0.6 is 0 Å². The molecule has 0 aliphatic heterocycles. The molecule has 2 heterocycles. The first-order valence-electron chi connectivity index (χ1n) is 8.75. The van der Waals surface area contributed by atoms with Crippen LogP contribution in [0.15, 0.2) is 24.4 Å². The Bertz CT molecular complexity index is 990. The van der Waals surface area contributed by atoms with Gasteiger partial charge in [-0.2, -0.15) is 26.3 Å². The van der Waals surface area contributed by atoms with Crippen molar-refractivity contribution < 1.29 is 44.1 Å². The van der Waals surface area contributed by atoms with E-state index in [1.165, 1.54) is 0 Å². The van der Waals surface area contributed by atoms with Gasteiger partial charge in [-0.25, -0.2) is 27.7 Å². The second-order valence-electron chi connectivity index (χ2n) is 7.46. The van der Waals surface area contributed by atoms with Crippen molar-refractivity contribution in [3.05, 3.63) is 53.0 Å². The quantitative estimate of drug-likeness (QED) is 0.587. The Morgan fingerprint density at radius 1 is 1.06 bits per heavy atom. The second kappa shape index (κ2) is 9.25. The number of pyridine rings is 2. The minimum Gasteiger partial charge on any atom is -0.466 e. The van der Waals surface area contributed by atoms with Gasteiger partial charge in [-0.05, 0) is 44.5 Å². The molecule has 2 rings (SSSR count). The summed E-state index contributed by atoms with van der Waals surface area (Å²) in [7, 11) is -1.92. The minimum absolute atomic E-state index is 0.230. The first-order chi connectivity index (χ1) is 14.5. The Morgan fingerprint density at radius 3 is 2.19 bits per heavy atom. The molecule has 2 atom stereocenters. The van der Waals surface area contributed by atoms with Crippen molar-refractivity contribution in [2.45, 2.75) is 43.9 Å². The van der Waals surface area contributed by atoms with Crippen LogP contribution in [-0.2, 0) is 17.2 Å². The summed E-state index contributed by atoms with van der Waals surface area (Å²) in [6.45, 7) is 2.80. The van der Waals surface area contributed by atoms with Gasteiger partial charge in [0.15, 0.2) is 23.9 Å². The van der Waals surface area contributed by atoms with Gasteiger partial charge >= 0.3 is 12.4 Å². The summed E-state index contributed by atoms with van der Waals surface area (Å²) in [5, 5.41) is 0. The van der Waals surface area contributed by atoms with Crippen molar-refractivity contribution in [1.82, 2.24) is 14.7 Å². The highest BCUT2D eigenvalue weighted by molar-refractivity contribution is 7.84. The number of nitrogens with zero attached hydrogens (tertiary/aromatic N) is 2. The molecule has 2 aromatic rings. The van der Waals surface area contributed by atoms with Crippen LogP contribution in [0.2, 0.25) is 0 Å². The maximum atomic E-state index is 14.3. The van der Waals surface area contributed by atoms with Gasteiger partial charge in [0.1, 0.15) is 0 Å². The van der Waals surface area contributed by atoms with Gasteiger partial charge in [0.2, 0.25) is 0 Å². The third kappa shape index (κ3) is 6.82. The number of aromatic nitrogens is 2. The Balaban J connectivity index is 2.51. The van der Waals surface area contributed by atoms with Gasteiger partial charge in [-0.15, -0.1) is 0 Å². The monoisotopic (exact) mass is 491 g/mol. The summed E-state index contributed by atoms with van der Waals surface area (Å²) in [6.07, 6.45) is -9.08. The average Bonchev–Trinajstić information content (AvgIpc) is 2.63. The lowest BCUT2D eigenvalue weighted by atomic mass is 10.1. The van der Waals surface area contributed by atoms with E-state index in [0.717, 1.165) is 12.3 Å². The lowest BCUT2D eigenvalue weighted by Gasteiger charge is -2.25. The number of rotatable bonds is 6. The predicted molar refractivity (Wildman–Crippen MR) is 97.8 cm³/mol. The van der Waals surface area contributed by atoms with E-state index in [1.807, 2.05) is 0 Å². The van der Waals surface area contributed by atoms with Crippen molar-refractivity contribution in [1.29, 1.82) is 0 Å². The maximum Gasteiger partial charge on any atom is 0.436 e. The first kappa shape index (κ1) is 25.9. The molecule has 2 aromatic heterocycles. The van der Waals surface area contributed by atoms with Crippen LogP contribution in [-0.4, -0.2) is 31.7 Å². The number of halogens is 8. The normalized spacial score (nSPS) is 14.8. The molecule has 1 N–H and O–H groups in total. The molecule has 0 spiro atoms. The summed E-state index contributed by atoms with van der Waals surface area (Å²) >= 11 is 0. The number of hydrogen-bond donors (Lipinski definition) is 1. The van der Waals surface area contributed by atoms with Crippen molar-refractivity contribution in [3.8, 4) is 5.88 Å². The summed E-state index contributed by atoms with van der Waals surface area (Å²) in [5.74, 6) is -4.00. The lowest BCUT2D eigenvalue weighted by Crippen LogP contribution is -2.36. The van der Waals surface area contributed by atoms with Crippen LogP contribution in [0.5, 0.6) is 5.88 Å². The second-order valence-corrected chi connectivity index (χ2v) is 9.45. The van der Waals surface area contributed by atoms with Crippen LogP contribution in [0, 0.1) is 11.6 Å². The summed E-state index contributed by atoms with van der Waals surface area (Å²) in [6, 6.07) is 0.531. The van der Waals surface area contributed by atoms with E-state index in [-0.39, 0.29) is 5.56 Å². The third-order valence-electron chi connectivity index (χ3n) is 3.75. The van der Waals surface area contributed by atoms with E-state index in [2.05, 4.69) is 19.4 Å². The number of alkyl halides is 6.